The van der Waals surface area contributed by atoms with Crippen LogP contribution in [0.2, 0.25) is 0 Å². The van der Waals surface area contributed by atoms with Gasteiger partial charge < -0.3 is 14.5 Å². The largest absolute Gasteiger partial charge is 0.464 e. The van der Waals surface area contributed by atoms with Gasteiger partial charge in [-0.3, -0.25) is 9.69 Å². The van der Waals surface area contributed by atoms with Gasteiger partial charge in [-0.15, -0.1) is 0 Å². The monoisotopic (exact) mass is 332 g/mol. The number of rotatable bonds is 5. The minimum Gasteiger partial charge on any atom is -0.464 e. The minimum absolute atomic E-state index is 0.141. The van der Waals surface area contributed by atoms with Crippen LogP contribution in [0.25, 0.3) is 0 Å². The maximum absolute atomic E-state index is 12.5. The summed E-state index contributed by atoms with van der Waals surface area (Å²) < 4.78 is 12.9. The molecule has 2 aromatic rings. The minimum atomic E-state index is -0.463. The predicted octanol–water partition coefficient (Wildman–Crippen LogP) is 1.88. The molecule has 3 rings (SSSR count). The van der Waals surface area contributed by atoms with Crippen molar-refractivity contribution in [2.24, 2.45) is 0 Å². The van der Waals surface area contributed by atoms with E-state index in [4.69, 9.17) is 9.15 Å². The van der Waals surface area contributed by atoms with E-state index in [1.165, 1.54) is 0 Å². The van der Waals surface area contributed by atoms with Gasteiger partial charge in [0.15, 0.2) is 0 Å². The Morgan fingerprint density at radius 3 is 2.96 bits per heavy atom. The Morgan fingerprint density at radius 2 is 2.25 bits per heavy atom. The Morgan fingerprint density at radius 1 is 1.42 bits per heavy atom. The number of aromatic nitrogens is 2. The van der Waals surface area contributed by atoms with Crippen molar-refractivity contribution in [3.8, 4) is 0 Å². The molecule has 7 nitrogen and oxygen atoms in total. The number of morpholine rings is 1. The van der Waals surface area contributed by atoms with Crippen molar-refractivity contribution in [1.29, 1.82) is 0 Å². The van der Waals surface area contributed by atoms with Crippen molar-refractivity contribution in [1.82, 2.24) is 14.7 Å². The van der Waals surface area contributed by atoms with Crippen molar-refractivity contribution in [3.63, 3.8) is 0 Å². The van der Waals surface area contributed by atoms with E-state index in [0.29, 0.717) is 31.6 Å². The van der Waals surface area contributed by atoms with E-state index in [-0.39, 0.29) is 5.91 Å². The summed E-state index contributed by atoms with van der Waals surface area (Å²) in [6.45, 7) is 8.66. The molecule has 24 heavy (non-hydrogen) atoms. The zero-order valence-electron chi connectivity index (χ0n) is 14.4. The van der Waals surface area contributed by atoms with Gasteiger partial charge >= 0.3 is 0 Å². The molecule has 0 saturated carbocycles. The van der Waals surface area contributed by atoms with Gasteiger partial charge in [-0.25, -0.2) is 4.68 Å². The number of carbonyl (C=O) groups excluding carboxylic acids is 1. The van der Waals surface area contributed by atoms with Crippen LogP contribution in [0, 0.1) is 6.92 Å². The van der Waals surface area contributed by atoms with E-state index in [1.807, 2.05) is 19.1 Å². The first-order chi connectivity index (χ1) is 11.5. The molecule has 1 saturated heterocycles. The Balaban J connectivity index is 1.63. The first-order valence-electron chi connectivity index (χ1n) is 8.26. The van der Waals surface area contributed by atoms with Crippen LogP contribution >= 0.6 is 0 Å². The topological polar surface area (TPSA) is 72.5 Å². The molecule has 1 atom stereocenters. The third kappa shape index (κ3) is 3.85. The van der Waals surface area contributed by atoms with E-state index in [9.17, 15) is 4.79 Å². The lowest BCUT2D eigenvalue weighted by Gasteiger charge is -2.34. The predicted molar refractivity (Wildman–Crippen MR) is 89.9 cm³/mol. The van der Waals surface area contributed by atoms with E-state index >= 15 is 0 Å². The SMILES string of the molecule is Cc1ccc(Cn2nccc2NC(=O)C2CN(C(C)C)CCO2)o1. The molecule has 0 spiro atoms. The lowest BCUT2D eigenvalue weighted by atomic mass is 10.2. The van der Waals surface area contributed by atoms with Crippen LogP contribution in [0.1, 0.15) is 25.4 Å². The third-order valence-corrected chi connectivity index (χ3v) is 4.19. The highest BCUT2D eigenvalue weighted by atomic mass is 16.5. The fourth-order valence-electron chi connectivity index (χ4n) is 2.79. The number of carbonyl (C=O) groups is 1. The first-order valence-corrected chi connectivity index (χ1v) is 8.26. The van der Waals surface area contributed by atoms with Crippen LogP contribution in [-0.2, 0) is 16.1 Å². The highest BCUT2D eigenvalue weighted by molar-refractivity contribution is 5.93. The molecule has 1 fully saturated rings. The Labute approximate surface area is 141 Å². The van der Waals surface area contributed by atoms with Gasteiger partial charge in [-0.2, -0.15) is 5.10 Å². The molecule has 1 N–H and O–H groups in total. The standard InChI is InChI=1S/C17H24N4O3/c1-12(2)20-8-9-23-15(11-20)17(22)19-16-6-7-18-21(16)10-14-5-4-13(3)24-14/h4-7,12,15H,8-11H2,1-3H3,(H,19,22). The van der Waals surface area contributed by atoms with Crippen molar-refractivity contribution in [2.75, 3.05) is 25.0 Å². The molecule has 1 unspecified atom stereocenters. The van der Waals surface area contributed by atoms with Crippen LogP contribution in [-0.4, -0.2) is 52.4 Å². The number of ether oxygens (including phenoxy) is 1. The third-order valence-electron chi connectivity index (χ3n) is 4.19. The van der Waals surface area contributed by atoms with Crippen LogP contribution in [0.4, 0.5) is 5.82 Å². The Kier molecular flexibility index (Phi) is 5.01. The maximum atomic E-state index is 12.5. The molecule has 130 valence electrons. The zero-order valence-corrected chi connectivity index (χ0v) is 14.4. The van der Waals surface area contributed by atoms with Crippen molar-refractivity contribution in [3.05, 3.63) is 35.9 Å². The Hall–Kier alpha value is -2.12. The van der Waals surface area contributed by atoms with Gasteiger partial charge in [0, 0.05) is 25.2 Å². The highest BCUT2D eigenvalue weighted by Gasteiger charge is 2.28. The number of amides is 1. The van der Waals surface area contributed by atoms with Crippen molar-refractivity contribution < 1.29 is 13.9 Å². The molecule has 1 aliphatic rings. The van der Waals surface area contributed by atoms with Crippen LogP contribution in [0.3, 0.4) is 0 Å². The summed E-state index contributed by atoms with van der Waals surface area (Å²) in [7, 11) is 0. The normalized spacial score (nSPS) is 18.9. The Bertz CT molecular complexity index is 692. The molecule has 0 aromatic carbocycles. The van der Waals surface area contributed by atoms with Gasteiger partial charge in [0.05, 0.1) is 12.8 Å². The highest BCUT2D eigenvalue weighted by Crippen LogP contribution is 2.15. The molecular formula is C17H24N4O3. The summed E-state index contributed by atoms with van der Waals surface area (Å²) >= 11 is 0. The molecule has 0 radical (unpaired) electrons. The van der Waals surface area contributed by atoms with Gasteiger partial charge in [0.25, 0.3) is 5.91 Å². The number of hydrogen-bond donors (Lipinski definition) is 1. The lowest BCUT2D eigenvalue weighted by Crippen LogP contribution is -2.50. The number of anilines is 1. The molecule has 7 heteroatoms. The lowest BCUT2D eigenvalue weighted by molar-refractivity contribution is -0.134. The number of furan rings is 1. The zero-order chi connectivity index (χ0) is 17.1. The van der Waals surface area contributed by atoms with E-state index in [2.05, 4.69) is 29.2 Å². The fraction of sp³-hybridized carbons (Fsp3) is 0.529. The van der Waals surface area contributed by atoms with Crippen LogP contribution in [0.15, 0.2) is 28.8 Å². The number of nitrogens with one attached hydrogen (secondary N) is 1. The van der Waals surface area contributed by atoms with Gasteiger partial charge in [-0.05, 0) is 32.9 Å². The number of aryl methyl sites for hydroxylation is 1. The van der Waals surface area contributed by atoms with E-state index in [0.717, 1.165) is 18.1 Å². The molecule has 1 amide bonds. The molecular weight excluding hydrogens is 308 g/mol. The van der Waals surface area contributed by atoms with E-state index < -0.39 is 6.10 Å². The molecule has 0 aliphatic carbocycles. The smallest absolute Gasteiger partial charge is 0.255 e. The van der Waals surface area contributed by atoms with E-state index in [1.54, 1.807) is 16.9 Å². The van der Waals surface area contributed by atoms with Gasteiger partial charge in [0.2, 0.25) is 0 Å². The quantitative estimate of drug-likeness (QED) is 0.905. The second-order valence-electron chi connectivity index (χ2n) is 6.32. The fourth-order valence-corrected chi connectivity index (χ4v) is 2.79. The summed E-state index contributed by atoms with van der Waals surface area (Å²) in [4.78, 5) is 14.8. The molecule has 2 aromatic heterocycles. The first kappa shape index (κ1) is 16.7. The summed E-state index contributed by atoms with van der Waals surface area (Å²) in [5, 5.41) is 7.17. The second kappa shape index (κ2) is 7.19. The van der Waals surface area contributed by atoms with Crippen LogP contribution in [0.5, 0.6) is 0 Å². The van der Waals surface area contributed by atoms with Gasteiger partial charge in [-0.1, -0.05) is 0 Å². The average Bonchev–Trinajstić information content (AvgIpc) is 3.17. The van der Waals surface area contributed by atoms with Crippen molar-refractivity contribution in [2.45, 2.75) is 39.5 Å². The van der Waals surface area contributed by atoms with Gasteiger partial charge in [0.1, 0.15) is 30.0 Å². The number of nitrogens with zero attached hydrogens (tertiary/aromatic N) is 3. The summed E-state index contributed by atoms with van der Waals surface area (Å²) in [5.74, 6) is 2.15. The molecule has 3 heterocycles. The number of hydrogen-bond acceptors (Lipinski definition) is 5. The van der Waals surface area contributed by atoms with Crippen LogP contribution < -0.4 is 5.32 Å². The average molecular weight is 332 g/mol. The second-order valence-corrected chi connectivity index (χ2v) is 6.32. The summed E-state index contributed by atoms with van der Waals surface area (Å²) in [6.07, 6.45) is 1.20. The molecule has 1 aliphatic heterocycles. The summed E-state index contributed by atoms with van der Waals surface area (Å²) in [6, 6.07) is 5.99. The summed E-state index contributed by atoms with van der Waals surface area (Å²) in [5.41, 5.74) is 0. The molecule has 0 bridgehead atoms. The van der Waals surface area contributed by atoms with Crippen molar-refractivity contribution >= 4 is 11.7 Å². The maximum Gasteiger partial charge on any atom is 0.255 e.